The largest absolute Gasteiger partial charge is 0.394 e. The molecule has 3 N–H and O–H groups in total. The summed E-state index contributed by atoms with van der Waals surface area (Å²) in [5.74, 6) is -0.0838. The first-order chi connectivity index (χ1) is 18.2. The van der Waals surface area contributed by atoms with Gasteiger partial charge in [0.25, 0.3) is 0 Å². The zero-order valence-electron chi connectivity index (χ0n) is 24.5. The Balaban J connectivity index is 3.78. The SMILES string of the molecule is CCCCCCC/C=C/CC/C=C/CC/C=C/C(O)C(CO)NC(=O)CCCCCCCCCCCC. The van der Waals surface area contributed by atoms with Gasteiger partial charge in [0.05, 0.1) is 18.8 Å². The second kappa shape index (κ2) is 29.2. The molecule has 0 aromatic rings. The summed E-state index contributed by atoms with van der Waals surface area (Å²) in [6.07, 6.45) is 36.4. The third kappa shape index (κ3) is 26.0. The van der Waals surface area contributed by atoms with E-state index < -0.39 is 12.1 Å². The van der Waals surface area contributed by atoms with Crippen molar-refractivity contribution in [3.63, 3.8) is 0 Å². The molecule has 0 aliphatic carbocycles. The zero-order valence-corrected chi connectivity index (χ0v) is 24.5. The van der Waals surface area contributed by atoms with Crippen molar-refractivity contribution in [1.82, 2.24) is 5.32 Å². The number of aliphatic hydroxyl groups is 2. The summed E-state index contributed by atoms with van der Waals surface area (Å²) in [6, 6.07) is -0.638. The predicted octanol–water partition coefficient (Wildman–Crippen LogP) is 8.72. The molecule has 2 unspecified atom stereocenters. The van der Waals surface area contributed by atoms with Crippen LogP contribution in [0.25, 0.3) is 0 Å². The Labute approximate surface area is 230 Å². The molecule has 0 fully saturated rings. The third-order valence-corrected chi connectivity index (χ3v) is 6.85. The van der Waals surface area contributed by atoms with Gasteiger partial charge in [0.2, 0.25) is 5.91 Å². The average molecular weight is 520 g/mol. The lowest BCUT2D eigenvalue weighted by molar-refractivity contribution is -0.123. The van der Waals surface area contributed by atoms with Crippen LogP contribution in [0, 0.1) is 0 Å². The lowest BCUT2D eigenvalue weighted by atomic mass is 10.1. The average Bonchev–Trinajstić information content (AvgIpc) is 2.90. The number of hydrogen-bond acceptors (Lipinski definition) is 3. The fourth-order valence-electron chi connectivity index (χ4n) is 4.38. The molecular formula is C33H61NO3. The Morgan fingerprint density at radius 2 is 1.05 bits per heavy atom. The van der Waals surface area contributed by atoms with Crippen molar-refractivity contribution in [3.8, 4) is 0 Å². The zero-order chi connectivity index (χ0) is 27.2. The molecule has 0 spiro atoms. The molecule has 0 rings (SSSR count). The first kappa shape index (κ1) is 35.6. The number of carbonyl (C=O) groups is 1. The van der Waals surface area contributed by atoms with Gasteiger partial charge in [-0.2, -0.15) is 0 Å². The highest BCUT2D eigenvalue weighted by molar-refractivity contribution is 5.76. The van der Waals surface area contributed by atoms with Crippen molar-refractivity contribution < 1.29 is 15.0 Å². The summed E-state index contributed by atoms with van der Waals surface area (Å²) in [7, 11) is 0. The molecule has 4 heteroatoms. The normalized spacial score (nSPS) is 13.7. The number of carbonyl (C=O) groups excluding carboxylic acids is 1. The molecule has 0 saturated heterocycles. The molecule has 0 aliphatic heterocycles. The molecule has 0 heterocycles. The molecule has 0 bridgehead atoms. The van der Waals surface area contributed by atoms with Crippen molar-refractivity contribution in [3.05, 3.63) is 36.5 Å². The smallest absolute Gasteiger partial charge is 0.220 e. The third-order valence-electron chi connectivity index (χ3n) is 6.85. The number of unbranched alkanes of at least 4 members (excludes halogenated alkanes) is 16. The number of aliphatic hydroxyl groups excluding tert-OH is 2. The van der Waals surface area contributed by atoms with Crippen LogP contribution in [0.1, 0.15) is 149 Å². The van der Waals surface area contributed by atoms with Gasteiger partial charge in [0.15, 0.2) is 0 Å². The Morgan fingerprint density at radius 3 is 1.57 bits per heavy atom. The maximum atomic E-state index is 12.2. The van der Waals surface area contributed by atoms with Crippen LogP contribution < -0.4 is 5.32 Å². The summed E-state index contributed by atoms with van der Waals surface area (Å²) in [4.78, 5) is 12.2. The Morgan fingerprint density at radius 1 is 0.622 bits per heavy atom. The van der Waals surface area contributed by atoms with E-state index in [9.17, 15) is 15.0 Å². The van der Waals surface area contributed by atoms with Gasteiger partial charge in [-0.15, -0.1) is 0 Å². The van der Waals surface area contributed by atoms with Crippen LogP contribution in [0.5, 0.6) is 0 Å². The topological polar surface area (TPSA) is 69.6 Å². The minimum Gasteiger partial charge on any atom is -0.394 e. The van der Waals surface area contributed by atoms with Crippen molar-refractivity contribution >= 4 is 5.91 Å². The highest BCUT2D eigenvalue weighted by Crippen LogP contribution is 2.11. The van der Waals surface area contributed by atoms with E-state index >= 15 is 0 Å². The van der Waals surface area contributed by atoms with Crippen molar-refractivity contribution in [1.29, 1.82) is 0 Å². The van der Waals surface area contributed by atoms with Crippen LogP contribution >= 0.6 is 0 Å². The molecular weight excluding hydrogens is 458 g/mol. The van der Waals surface area contributed by atoms with Gasteiger partial charge >= 0.3 is 0 Å². The van der Waals surface area contributed by atoms with E-state index in [1.54, 1.807) is 6.08 Å². The predicted molar refractivity (Wildman–Crippen MR) is 161 cm³/mol. The number of hydrogen-bond donors (Lipinski definition) is 3. The first-order valence-electron chi connectivity index (χ1n) is 15.7. The van der Waals surface area contributed by atoms with Crippen molar-refractivity contribution in [2.75, 3.05) is 6.61 Å². The lowest BCUT2D eigenvalue weighted by Crippen LogP contribution is -2.45. The molecule has 0 aromatic carbocycles. The summed E-state index contributed by atoms with van der Waals surface area (Å²) in [5.41, 5.74) is 0. The molecule has 2 atom stereocenters. The molecule has 0 aliphatic rings. The van der Waals surface area contributed by atoms with Gasteiger partial charge in [-0.3, -0.25) is 4.79 Å². The summed E-state index contributed by atoms with van der Waals surface area (Å²) >= 11 is 0. The molecule has 1 amide bonds. The van der Waals surface area contributed by atoms with E-state index in [2.05, 4.69) is 43.5 Å². The highest BCUT2D eigenvalue weighted by Gasteiger charge is 2.17. The van der Waals surface area contributed by atoms with Crippen LogP contribution in [-0.2, 0) is 4.79 Å². The van der Waals surface area contributed by atoms with Gasteiger partial charge in [0, 0.05) is 6.42 Å². The van der Waals surface area contributed by atoms with Gasteiger partial charge < -0.3 is 15.5 Å². The maximum Gasteiger partial charge on any atom is 0.220 e. The summed E-state index contributed by atoms with van der Waals surface area (Å²) in [6.45, 7) is 4.23. The molecule has 0 radical (unpaired) electrons. The molecule has 216 valence electrons. The van der Waals surface area contributed by atoms with Crippen molar-refractivity contribution in [2.45, 2.75) is 161 Å². The maximum absolute atomic E-state index is 12.2. The summed E-state index contributed by atoms with van der Waals surface area (Å²) in [5, 5.41) is 22.7. The van der Waals surface area contributed by atoms with Crippen LogP contribution in [0.2, 0.25) is 0 Å². The van der Waals surface area contributed by atoms with Crippen LogP contribution in [0.3, 0.4) is 0 Å². The first-order valence-corrected chi connectivity index (χ1v) is 15.7. The molecule has 4 nitrogen and oxygen atoms in total. The van der Waals surface area contributed by atoms with Crippen LogP contribution in [-0.4, -0.2) is 34.9 Å². The minimum absolute atomic E-state index is 0.0838. The Kier molecular flexibility index (Phi) is 28.1. The second-order valence-electron chi connectivity index (χ2n) is 10.5. The highest BCUT2D eigenvalue weighted by atomic mass is 16.3. The molecule has 0 saturated carbocycles. The van der Waals surface area contributed by atoms with Gasteiger partial charge in [-0.25, -0.2) is 0 Å². The number of amides is 1. The fourth-order valence-corrected chi connectivity index (χ4v) is 4.38. The Bertz CT molecular complexity index is 570. The van der Waals surface area contributed by atoms with E-state index in [0.717, 1.165) is 38.5 Å². The minimum atomic E-state index is -0.863. The van der Waals surface area contributed by atoms with Crippen LogP contribution in [0.4, 0.5) is 0 Å². The van der Waals surface area contributed by atoms with E-state index in [4.69, 9.17) is 0 Å². The van der Waals surface area contributed by atoms with Gasteiger partial charge in [-0.1, -0.05) is 134 Å². The number of rotatable bonds is 27. The van der Waals surface area contributed by atoms with E-state index in [0.29, 0.717) is 6.42 Å². The number of allylic oxidation sites excluding steroid dienone is 5. The van der Waals surface area contributed by atoms with E-state index in [-0.39, 0.29) is 12.5 Å². The number of nitrogens with one attached hydrogen (secondary N) is 1. The van der Waals surface area contributed by atoms with Crippen LogP contribution in [0.15, 0.2) is 36.5 Å². The van der Waals surface area contributed by atoms with E-state index in [1.165, 1.54) is 89.9 Å². The van der Waals surface area contributed by atoms with E-state index in [1.807, 2.05) is 6.08 Å². The fraction of sp³-hybridized carbons (Fsp3) is 0.788. The standard InChI is InChI=1S/C33H61NO3/c1-3-5-7-9-11-13-15-16-17-18-19-20-22-24-26-28-32(36)31(30-35)34-33(37)29-27-25-23-21-14-12-10-8-6-4-2/h15-16,19-20,26,28,31-32,35-36H,3-14,17-18,21-25,27,29-30H2,1-2H3,(H,34,37)/b16-15+,20-19+,28-26+. The monoisotopic (exact) mass is 519 g/mol. The summed E-state index contributed by atoms with van der Waals surface area (Å²) < 4.78 is 0. The lowest BCUT2D eigenvalue weighted by Gasteiger charge is -2.19. The molecule has 0 aromatic heterocycles. The molecule has 37 heavy (non-hydrogen) atoms. The van der Waals surface area contributed by atoms with Crippen molar-refractivity contribution in [2.24, 2.45) is 0 Å². The van der Waals surface area contributed by atoms with Gasteiger partial charge in [-0.05, 0) is 44.9 Å². The quantitative estimate of drug-likeness (QED) is 0.0750. The second-order valence-corrected chi connectivity index (χ2v) is 10.5. The van der Waals surface area contributed by atoms with Gasteiger partial charge in [0.1, 0.15) is 0 Å². The Hall–Kier alpha value is -1.39.